The third-order valence-electron chi connectivity index (χ3n) is 3.34. The van der Waals surface area contributed by atoms with Crippen LogP contribution < -0.4 is 5.11 Å². The molecule has 0 heterocycles. The molecule has 0 bridgehead atoms. The zero-order valence-corrected chi connectivity index (χ0v) is 13.6. The summed E-state index contributed by atoms with van der Waals surface area (Å²) in [4.78, 5) is 21.8. The number of rotatable bonds is 14. The van der Waals surface area contributed by atoms with Crippen LogP contribution in [-0.4, -0.2) is 23.0 Å². The summed E-state index contributed by atoms with van der Waals surface area (Å²) < 4.78 is 0. The van der Waals surface area contributed by atoms with Crippen LogP contribution in [0, 0.1) is 0 Å². The van der Waals surface area contributed by atoms with E-state index in [1.165, 1.54) is 6.08 Å². The first-order valence-corrected chi connectivity index (χ1v) is 8.30. The van der Waals surface area contributed by atoms with Crippen LogP contribution in [0.15, 0.2) is 24.3 Å². The Balaban J connectivity index is 3.53. The van der Waals surface area contributed by atoms with Crippen LogP contribution in [-0.2, 0) is 9.59 Å². The van der Waals surface area contributed by atoms with Gasteiger partial charge in [-0.15, -0.1) is 0 Å². The van der Waals surface area contributed by atoms with Crippen molar-refractivity contribution in [2.24, 2.45) is 0 Å². The summed E-state index contributed by atoms with van der Waals surface area (Å²) in [5, 5.41) is 19.8. The average Bonchev–Trinajstić information content (AvgIpc) is 2.47. The van der Waals surface area contributed by atoms with Crippen molar-refractivity contribution in [1.29, 1.82) is 0 Å². The summed E-state index contributed by atoms with van der Waals surface area (Å²) in [6, 6.07) is 0. The van der Waals surface area contributed by atoms with Crippen molar-refractivity contribution in [2.75, 3.05) is 0 Å². The summed E-state index contributed by atoms with van der Waals surface area (Å²) >= 11 is 0. The van der Waals surface area contributed by atoms with E-state index >= 15 is 0 Å². The van der Waals surface area contributed by atoms with Crippen LogP contribution >= 0.6 is 0 Å². The molecule has 0 aliphatic rings. The van der Waals surface area contributed by atoms with Gasteiger partial charge in [0.1, 0.15) is 0 Å². The average molecular weight is 309 g/mol. The van der Waals surface area contributed by atoms with Gasteiger partial charge in [0.25, 0.3) is 0 Å². The van der Waals surface area contributed by atoms with E-state index in [9.17, 15) is 19.8 Å². The number of aliphatic hydroxyl groups is 1. The fourth-order valence-corrected chi connectivity index (χ4v) is 2.06. The number of ketones is 1. The second-order valence-corrected chi connectivity index (χ2v) is 5.50. The predicted octanol–water partition coefficient (Wildman–Crippen LogP) is 2.70. The third kappa shape index (κ3) is 15.0. The van der Waals surface area contributed by atoms with Gasteiger partial charge in [-0.25, -0.2) is 0 Å². The SMILES string of the molecule is CC/C=C\CC(O)/C=C/C(=O)CCCCCCCCC(=O)[O-]. The van der Waals surface area contributed by atoms with E-state index < -0.39 is 12.1 Å². The molecule has 0 aromatic rings. The number of aliphatic hydroxyl groups excluding tert-OH is 1. The first kappa shape index (κ1) is 20.6. The van der Waals surface area contributed by atoms with Gasteiger partial charge in [-0.2, -0.15) is 0 Å². The monoisotopic (exact) mass is 309 g/mol. The second-order valence-electron chi connectivity index (χ2n) is 5.50. The lowest BCUT2D eigenvalue weighted by atomic mass is 10.1. The predicted molar refractivity (Wildman–Crippen MR) is 86.1 cm³/mol. The maximum Gasteiger partial charge on any atom is 0.155 e. The summed E-state index contributed by atoms with van der Waals surface area (Å²) in [7, 11) is 0. The van der Waals surface area contributed by atoms with Gasteiger partial charge in [0.2, 0.25) is 0 Å². The highest BCUT2D eigenvalue weighted by Gasteiger charge is 2.00. The van der Waals surface area contributed by atoms with Gasteiger partial charge in [-0.1, -0.05) is 50.8 Å². The number of carbonyl (C=O) groups is 2. The van der Waals surface area contributed by atoms with Crippen molar-refractivity contribution in [3.8, 4) is 0 Å². The van der Waals surface area contributed by atoms with Gasteiger partial charge >= 0.3 is 0 Å². The molecular formula is C18H29O4-. The topological polar surface area (TPSA) is 77.4 Å². The van der Waals surface area contributed by atoms with Crippen LogP contribution in [0.25, 0.3) is 0 Å². The van der Waals surface area contributed by atoms with Crippen LogP contribution in [0.5, 0.6) is 0 Å². The standard InChI is InChI=1S/C18H30O4/c1-2-3-8-11-16(19)14-15-17(20)12-9-6-4-5-7-10-13-18(21)22/h3,8,14-16,19H,2,4-7,9-13H2,1H3,(H,21,22)/p-1/b8-3-,15-14+. The van der Waals surface area contributed by atoms with Gasteiger partial charge in [-0.05, 0) is 38.2 Å². The first-order chi connectivity index (χ1) is 10.6. The van der Waals surface area contributed by atoms with E-state index in [1.807, 2.05) is 19.1 Å². The largest absolute Gasteiger partial charge is 0.550 e. The van der Waals surface area contributed by atoms with Crippen LogP contribution in [0.1, 0.15) is 71.1 Å². The number of carbonyl (C=O) groups excluding carboxylic acids is 2. The normalized spacial score (nSPS) is 13.0. The molecule has 4 nitrogen and oxygen atoms in total. The number of hydrogen-bond donors (Lipinski definition) is 1. The van der Waals surface area contributed by atoms with Gasteiger partial charge in [0.05, 0.1) is 6.10 Å². The summed E-state index contributed by atoms with van der Waals surface area (Å²) in [5.41, 5.74) is 0. The van der Waals surface area contributed by atoms with E-state index in [2.05, 4.69) is 0 Å². The molecule has 0 aromatic heterocycles. The van der Waals surface area contributed by atoms with Gasteiger partial charge < -0.3 is 15.0 Å². The molecule has 126 valence electrons. The Labute approximate surface area is 133 Å². The lowest BCUT2D eigenvalue weighted by molar-refractivity contribution is -0.305. The van der Waals surface area contributed by atoms with E-state index in [0.29, 0.717) is 19.3 Å². The van der Waals surface area contributed by atoms with Gasteiger partial charge in [0.15, 0.2) is 5.78 Å². The van der Waals surface area contributed by atoms with Crippen molar-refractivity contribution < 1.29 is 19.8 Å². The molecule has 1 N–H and O–H groups in total. The van der Waals surface area contributed by atoms with Crippen molar-refractivity contribution in [3.05, 3.63) is 24.3 Å². The van der Waals surface area contributed by atoms with E-state index in [1.54, 1.807) is 6.08 Å². The van der Waals surface area contributed by atoms with Crippen LogP contribution in [0.4, 0.5) is 0 Å². The number of carboxylic acids is 1. The minimum atomic E-state index is -0.982. The number of carboxylic acid groups (broad SMARTS) is 1. The van der Waals surface area contributed by atoms with Crippen molar-refractivity contribution in [2.45, 2.75) is 77.2 Å². The molecule has 0 aromatic carbocycles. The van der Waals surface area contributed by atoms with E-state index in [-0.39, 0.29) is 12.2 Å². The second kappa shape index (κ2) is 14.5. The maximum atomic E-state index is 11.6. The smallest absolute Gasteiger partial charge is 0.155 e. The Hall–Kier alpha value is -1.42. The summed E-state index contributed by atoms with van der Waals surface area (Å²) in [5.74, 6) is -0.930. The Morgan fingerprint density at radius 1 is 1.00 bits per heavy atom. The fourth-order valence-electron chi connectivity index (χ4n) is 2.06. The molecule has 0 amide bonds. The highest BCUT2D eigenvalue weighted by Crippen LogP contribution is 2.09. The first-order valence-electron chi connectivity index (χ1n) is 8.30. The molecule has 4 heteroatoms. The minimum absolute atomic E-state index is 0.0514. The fraction of sp³-hybridized carbons (Fsp3) is 0.667. The molecule has 0 saturated carbocycles. The van der Waals surface area contributed by atoms with Crippen LogP contribution in [0.3, 0.4) is 0 Å². The Morgan fingerprint density at radius 3 is 2.18 bits per heavy atom. The van der Waals surface area contributed by atoms with E-state index in [4.69, 9.17) is 0 Å². The van der Waals surface area contributed by atoms with E-state index in [0.717, 1.165) is 38.5 Å². The quantitative estimate of drug-likeness (QED) is 0.304. The molecule has 22 heavy (non-hydrogen) atoms. The van der Waals surface area contributed by atoms with Crippen molar-refractivity contribution in [1.82, 2.24) is 0 Å². The molecule has 1 unspecified atom stereocenters. The minimum Gasteiger partial charge on any atom is -0.550 e. The molecule has 0 rings (SSSR count). The zero-order valence-electron chi connectivity index (χ0n) is 13.6. The zero-order chi connectivity index (χ0) is 16.6. The highest BCUT2D eigenvalue weighted by atomic mass is 16.4. The molecule has 0 radical (unpaired) electrons. The number of hydrogen-bond acceptors (Lipinski definition) is 4. The Morgan fingerprint density at radius 2 is 1.59 bits per heavy atom. The Kier molecular flexibility index (Phi) is 13.6. The molecule has 1 atom stereocenters. The molecule has 0 aliphatic heterocycles. The number of aliphatic carboxylic acids is 1. The Bertz CT molecular complexity index is 358. The van der Waals surface area contributed by atoms with Crippen molar-refractivity contribution in [3.63, 3.8) is 0 Å². The molecule has 0 fully saturated rings. The lowest BCUT2D eigenvalue weighted by Crippen LogP contribution is -2.21. The third-order valence-corrected chi connectivity index (χ3v) is 3.34. The maximum absolute atomic E-state index is 11.6. The molecule has 0 saturated heterocycles. The number of allylic oxidation sites excluding steroid dienone is 2. The highest BCUT2D eigenvalue weighted by molar-refractivity contribution is 5.89. The van der Waals surface area contributed by atoms with Gasteiger partial charge in [-0.3, -0.25) is 4.79 Å². The van der Waals surface area contributed by atoms with Crippen LogP contribution in [0.2, 0.25) is 0 Å². The van der Waals surface area contributed by atoms with Gasteiger partial charge in [0, 0.05) is 12.4 Å². The number of unbranched alkanes of at least 4 members (excludes halogenated alkanes) is 5. The molecule has 0 aliphatic carbocycles. The molecular weight excluding hydrogens is 280 g/mol. The summed E-state index contributed by atoms with van der Waals surface area (Å²) in [6.45, 7) is 2.03. The lowest BCUT2D eigenvalue weighted by Gasteiger charge is -2.02. The molecule has 0 spiro atoms. The summed E-state index contributed by atoms with van der Waals surface area (Å²) in [6.07, 6.45) is 13.9. The van der Waals surface area contributed by atoms with Crippen molar-refractivity contribution >= 4 is 11.8 Å².